The standard InChI is InChI=1S/C14H18O3.C12H16O5.C7H12O3/c1-8(2)13(16)17-14-5-9-3-10(6-14)12(15)11(4-9)7-14;1-7(2)11(13)15-6-8-3-4-9-10(5-8)17-12(14)16-9;1-5(2)7(9)10-4-6(3)8/h9-11H,1,3-7H2,2H3;8-10H,1,3-6H2,2H3;6,8H,1,4H2,2-3H3. The summed E-state index contributed by atoms with van der Waals surface area (Å²) < 4.78 is 25.4. The summed E-state index contributed by atoms with van der Waals surface area (Å²) in [5.41, 5.74) is 0.850. The molecular weight excluding hydrogens is 572 g/mol. The van der Waals surface area contributed by atoms with Crippen molar-refractivity contribution in [2.24, 2.45) is 23.7 Å². The van der Waals surface area contributed by atoms with Gasteiger partial charge in [-0.2, -0.15) is 0 Å². The number of esters is 3. The van der Waals surface area contributed by atoms with E-state index in [0.29, 0.717) is 41.4 Å². The molecule has 244 valence electrons. The van der Waals surface area contributed by atoms with E-state index in [4.69, 9.17) is 24.1 Å². The van der Waals surface area contributed by atoms with Gasteiger partial charge in [-0.3, -0.25) is 4.79 Å². The molecule has 0 aromatic carbocycles. The van der Waals surface area contributed by atoms with Crippen LogP contribution in [0.1, 0.15) is 79.1 Å². The van der Waals surface area contributed by atoms with E-state index >= 15 is 0 Å². The lowest BCUT2D eigenvalue weighted by Crippen LogP contribution is -2.56. The summed E-state index contributed by atoms with van der Waals surface area (Å²) in [4.78, 5) is 56.5. The molecule has 0 spiro atoms. The van der Waals surface area contributed by atoms with Crippen LogP contribution in [0.5, 0.6) is 0 Å². The maximum Gasteiger partial charge on any atom is 0.509 e. The first-order valence-electron chi connectivity index (χ1n) is 15.2. The van der Waals surface area contributed by atoms with Gasteiger partial charge in [-0.25, -0.2) is 19.2 Å². The molecule has 4 bridgehead atoms. The van der Waals surface area contributed by atoms with Gasteiger partial charge in [-0.15, -0.1) is 0 Å². The zero-order valence-electron chi connectivity index (χ0n) is 26.3. The Bertz CT molecular complexity index is 1150. The minimum absolute atomic E-state index is 0.0334. The van der Waals surface area contributed by atoms with Gasteiger partial charge in [0.2, 0.25) is 0 Å². The Hall–Kier alpha value is -3.47. The van der Waals surface area contributed by atoms with E-state index in [9.17, 15) is 24.0 Å². The van der Waals surface area contributed by atoms with Gasteiger partial charge in [-0.05, 0) is 90.9 Å². The van der Waals surface area contributed by atoms with Crippen molar-refractivity contribution in [3.05, 3.63) is 36.5 Å². The van der Waals surface area contributed by atoms with E-state index in [2.05, 4.69) is 24.5 Å². The van der Waals surface area contributed by atoms with Crippen molar-refractivity contribution >= 4 is 29.8 Å². The number of fused-ring (bicyclic) bond motifs is 1. The van der Waals surface area contributed by atoms with Gasteiger partial charge in [-0.1, -0.05) is 19.7 Å². The van der Waals surface area contributed by atoms with Crippen molar-refractivity contribution in [2.75, 3.05) is 13.2 Å². The van der Waals surface area contributed by atoms with E-state index in [1.807, 2.05) is 0 Å². The average molecular weight is 619 g/mol. The maximum atomic E-state index is 12.0. The topological polar surface area (TPSA) is 152 Å². The molecule has 6 unspecified atom stereocenters. The second-order valence-corrected chi connectivity index (χ2v) is 12.9. The minimum atomic E-state index is -0.608. The number of hydrogen-bond donors (Lipinski definition) is 1. The van der Waals surface area contributed by atoms with Crippen molar-refractivity contribution in [3.63, 3.8) is 0 Å². The zero-order valence-corrected chi connectivity index (χ0v) is 26.3. The highest BCUT2D eigenvalue weighted by Crippen LogP contribution is 2.55. The number of carbonyl (C=O) groups excluding carboxylic acids is 5. The lowest BCUT2D eigenvalue weighted by Gasteiger charge is -2.54. The number of aliphatic hydroxyl groups excluding tert-OH is 1. The van der Waals surface area contributed by atoms with Crippen LogP contribution >= 0.6 is 0 Å². The number of rotatable bonds is 8. The van der Waals surface area contributed by atoms with Gasteiger partial charge in [0.05, 0.1) is 12.7 Å². The van der Waals surface area contributed by atoms with Gasteiger partial charge in [0, 0.05) is 28.6 Å². The van der Waals surface area contributed by atoms with E-state index < -0.39 is 18.2 Å². The highest BCUT2D eigenvalue weighted by Gasteiger charge is 2.57. The van der Waals surface area contributed by atoms with Crippen LogP contribution in [-0.4, -0.2) is 72.1 Å². The van der Waals surface area contributed by atoms with Crippen molar-refractivity contribution in [2.45, 2.75) is 103 Å². The number of hydrogen-bond acceptors (Lipinski definition) is 11. The van der Waals surface area contributed by atoms with Gasteiger partial charge in [0.15, 0.2) is 0 Å². The van der Waals surface area contributed by atoms with Crippen molar-refractivity contribution in [3.8, 4) is 0 Å². The summed E-state index contributed by atoms with van der Waals surface area (Å²) >= 11 is 0. The quantitative estimate of drug-likeness (QED) is 0.232. The predicted octanol–water partition coefficient (Wildman–Crippen LogP) is 4.55. The number of aliphatic hydroxyl groups is 1. The Balaban J connectivity index is 0.000000188. The van der Waals surface area contributed by atoms with Gasteiger partial charge < -0.3 is 28.8 Å². The van der Waals surface area contributed by atoms with Gasteiger partial charge >= 0.3 is 24.1 Å². The normalized spacial score (nSPS) is 31.3. The first-order chi connectivity index (χ1) is 20.6. The molecule has 6 atom stereocenters. The summed E-state index contributed by atoms with van der Waals surface area (Å²) in [6.07, 6.45) is 5.33. The third-order valence-corrected chi connectivity index (χ3v) is 8.53. The molecule has 5 saturated carbocycles. The molecule has 0 radical (unpaired) electrons. The first kappa shape index (κ1) is 35.0. The molecule has 0 amide bonds. The largest absolute Gasteiger partial charge is 0.509 e. The Morgan fingerprint density at radius 3 is 1.93 bits per heavy atom. The summed E-state index contributed by atoms with van der Waals surface area (Å²) in [6, 6.07) is 0. The number of ether oxygens (including phenoxy) is 5. The molecule has 11 heteroatoms. The van der Waals surface area contributed by atoms with Crippen molar-refractivity contribution in [1.29, 1.82) is 0 Å². The fourth-order valence-corrected chi connectivity index (χ4v) is 6.59. The molecule has 1 aliphatic heterocycles. The molecule has 44 heavy (non-hydrogen) atoms. The van der Waals surface area contributed by atoms with Crippen LogP contribution in [0.4, 0.5) is 4.79 Å². The zero-order chi connectivity index (χ0) is 32.8. The molecular formula is C33H46O11. The number of carbonyl (C=O) groups is 5. The summed E-state index contributed by atoms with van der Waals surface area (Å²) in [5, 5.41) is 8.68. The van der Waals surface area contributed by atoms with Crippen LogP contribution in [-0.2, 0) is 42.9 Å². The van der Waals surface area contributed by atoms with Crippen molar-refractivity contribution in [1.82, 2.24) is 0 Å². The molecule has 0 aromatic rings. The van der Waals surface area contributed by atoms with E-state index in [-0.39, 0.29) is 54.1 Å². The van der Waals surface area contributed by atoms with Gasteiger partial charge in [0.25, 0.3) is 0 Å². The lowest BCUT2D eigenvalue weighted by molar-refractivity contribution is -0.186. The summed E-state index contributed by atoms with van der Waals surface area (Å²) in [6.45, 7) is 17.3. The lowest BCUT2D eigenvalue weighted by atomic mass is 9.53. The third kappa shape index (κ3) is 9.51. The molecule has 5 aliphatic carbocycles. The smallest absolute Gasteiger partial charge is 0.462 e. The molecule has 1 heterocycles. The molecule has 11 nitrogen and oxygen atoms in total. The Labute approximate surface area is 259 Å². The SMILES string of the molecule is C=C(C)C(=O)OC12CC3CC(C1)C(=O)C(C3)C2.C=C(C)C(=O)OCC(C)O.C=C(C)C(=O)OCC1CCC2OC(=O)OC2C1. The first-order valence-corrected chi connectivity index (χ1v) is 15.2. The fourth-order valence-electron chi connectivity index (χ4n) is 6.59. The minimum Gasteiger partial charge on any atom is -0.462 e. The predicted molar refractivity (Wildman–Crippen MR) is 158 cm³/mol. The van der Waals surface area contributed by atoms with Crippen LogP contribution < -0.4 is 0 Å². The molecule has 1 saturated heterocycles. The summed E-state index contributed by atoms with van der Waals surface area (Å²) in [5.74, 6) is 0.422. The van der Waals surface area contributed by atoms with E-state index in [1.54, 1.807) is 27.7 Å². The fraction of sp³-hybridized carbons (Fsp3) is 0.667. The second kappa shape index (κ2) is 15.0. The highest BCUT2D eigenvalue weighted by atomic mass is 16.8. The molecule has 6 fully saturated rings. The van der Waals surface area contributed by atoms with Crippen LogP contribution in [0.25, 0.3) is 0 Å². The maximum absolute atomic E-state index is 12.0. The number of Topliss-reactive ketones (excluding diaryl/α,β-unsaturated/α-hetero) is 1. The van der Waals surface area contributed by atoms with Gasteiger partial charge in [0.1, 0.15) is 30.2 Å². The second-order valence-electron chi connectivity index (χ2n) is 12.9. The molecule has 6 aliphatic rings. The van der Waals surface area contributed by atoms with Crippen LogP contribution in [0.3, 0.4) is 0 Å². The van der Waals surface area contributed by atoms with Crippen molar-refractivity contribution < 1.29 is 52.8 Å². The Morgan fingerprint density at radius 1 is 0.841 bits per heavy atom. The summed E-state index contributed by atoms with van der Waals surface area (Å²) in [7, 11) is 0. The Kier molecular flexibility index (Phi) is 11.9. The third-order valence-electron chi connectivity index (χ3n) is 8.53. The van der Waals surface area contributed by atoms with E-state index in [0.717, 1.165) is 44.9 Å². The van der Waals surface area contributed by atoms with Crippen LogP contribution in [0.15, 0.2) is 36.5 Å². The molecule has 6 rings (SSSR count). The molecule has 0 aromatic heterocycles. The highest BCUT2D eigenvalue weighted by molar-refractivity contribution is 5.89. The van der Waals surface area contributed by atoms with E-state index in [1.165, 1.54) is 0 Å². The molecule has 1 N–H and O–H groups in total. The Morgan fingerprint density at radius 2 is 1.39 bits per heavy atom. The number of ketones is 1. The average Bonchev–Trinajstić information content (AvgIpc) is 3.32. The van der Waals surface area contributed by atoms with Crippen LogP contribution in [0.2, 0.25) is 0 Å². The van der Waals surface area contributed by atoms with Crippen LogP contribution in [0, 0.1) is 23.7 Å². The monoisotopic (exact) mass is 618 g/mol.